The quantitative estimate of drug-likeness (QED) is 0.224. The second kappa shape index (κ2) is 12.7. The van der Waals surface area contributed by atoms with Crippen molar-refractivity contribution in [1.29, 1.82) is 0 Å². The van der Waals surface area contributed by atoms with Crippen LogP contribution in [-0.4, -0.2) is 46.3 Å². The number of aromatic nitrogens is 2. The Morgan fingerprint density at radius 2 is 1.71 bits per heavy atom. The molecule has 1 heterocycles. The minimum absolute atomic E-state index is 0.182. The van der Waals surface area contributed by atoms with Gasteiger partial charge >= 0.3 is 5.97 Å². The highest BCUT2D eigenvalue weighted by molar-refractivity contribution is 5.83. The fraction of sp³-hybridized carbons (Fsp3) is 0.312. The number of fused-ring (bicyclic) bond motifs is 1. The van der Waals surface area contributed by atoms with Crippen LogP contribution in [0.25, 0.3) is 22.3 Å². The molecular formula is C32H35N3O6. The summed E-state index contributed by atoms with van der Waals surface area (Å²) in [5, 5.41) is 14.3. The normalized spacial score (nSPS) is 12.2. The summed E-state index contributed by atoms with van der Waals surface area (Å²) < 4.78 is 18.5. The molecule has 0 saturated carbocycles. The van der Waals surface area contributed by atoms with Crippen molar-refractivity contribution in [2.45, 2.75) is 53.6 Å². The number of carboxylic acid groups (broad SMARTS) is 1. The van der Waals surface area contributed by atoms with E-state index in [-0.39, 0.29) is 11.5 Å². The molecule has 0 spiro atoms. The van der Waals surface area contributed by atoms with Crippen LogP contribution in [0.5, 0.6) is 17.2 Å². The van der Waals surface area contributed by atoms with Gasteiger partial charge in [-0.3, -0.25) is 4.79 Å². The third-order valence-electron chi connectivity index (χ3n) is 6.51. The summed E-state index contributed by atoms with van der Waals surface area (Å²) in [6.07, 6.45) is 0.494. The molecule has 4 rings (SSSR count). The molecule has 0 unspecified atom stereocenters. The first-order valence-electron chi connectivity index (χ1n) is 13.6. The summed E-state index contributed by atoms with van der Waals surface area (Å²) >= 11 is 0. The van der Waals surface area contributed by atoms with Gasteiger partial charge in [0.1, 0.15) is 5.75 Å². The van der Waals surface area contributed by atoms with Crippen LogP contribution in [0.15, 0.2) is 64.5 Å². The summed E-state index contributed by atoms with van der Waals surface area (Å²) in [6.45, 7) is 12.3. The fourth-order valence-corrected chi connectivity index (χ4v) is 4.41. The smallest absolute Gasteiger partial charge is 0.344 e. The first kappa shape index (κ1) is 29.3. The fourth-order valence-electron chi connectivity index (χ4n) is 4.41. The molecule has 0 aliphatic heterocycles. The van der Waals surface area contributed by atoms with Gasteiger partial charge in [0, 0.05) is 5.56 Å². The number of aryl methyl sites for hydroxylation is 1. The zero-order valence-corrected chi connectivity index (χ0v) is 24.2. The predicted molar refractivity (Wildman–Crippen MR) is 160 cm³/mol. The number of rotatable bonds is 11. The molecule has 0 amide bonds. The molecule has 0 saturated heterocycles. The SMILES string of the molecule is CCOc1cc(C=Nn2c(-c3cc(C(C)C)c(OCC)cc3C)nc3ccccc3c2=O)ccc1O[C@H](C)C(=O)O. The van der Waals surface area contributed by atoms with Gasteiger partial charge in [0.25, 0.3) is 5.56 Å². The number of nitrogens with zero attached hydrogens (tertiary/aromatic N) is 3. The third kappa shape index (κ3) is 6.40. The second-order valence-corrected chi connectivity index (χ2v) is 9.84. The van der Waals surface area contributed by atoms with Crippen LogP contribution in [0, 0.1) is 6.92 Å². The average molecular weight is 558 g/mol. The molecule has 0 aliphatic rings. The Labute approximate surface area is 239 Å². The van der Waals surface area contributed by atoms with Crippen molar-refractivity contribution in [2.75, 3.05) is 13.2 Å². The number of benzene rings is 3. The maximum Gasteiger partial charge on any atom is 0.344 e. The third-order valence-corrected chi connectivity index (χ3v) is 6.51. The number of carbonyl (C=O) groups is 1. The summed E-state index contributed by atoms with van der Waals surface area (Å²) in [5.41, 5.74) is 3.58. The van der Waals surface area contributed by atoms with E-state index in [1.54, 1.807) is 36.5 Å². The van der Waals surface area contributed by atoms with Crippen molar-refractivity contribution in [3.63, 3.8) is 0 Å². The first-order valence-corrected chi connectivity index (χ1v) is 13.6. The van der Waals surface area contributed by atoms with E-state index in [1.807, 2.05) is 45.0 Å². The molecule has 0 bridgehead atoms. The Kier molecular flexibility index (Phi) is 9.07. The summed E-state index contributed by atoms with van der Waals surface area (Å²) in [5.74, 6) is 0.992. The van der Waals surface area contributed by atoms with Gasteiger partial charge < -0.3 is 19.3 Å². The standard InChI is InChI=1S/C32H35N3O6/c1-7-39-28-15-20(5)25(17-24(28)19(3)4)30-34-26-12-10-9-11-23(26)31(36)35(30)33-18-22-13-14-27(29(16-22)40-8-2)41-21(6)32(37)38/h9-19,21H,7-8H2,1-6H3,(H,37,38)/t21-/m1/s1. The van der Waals surface area contributed by atoms with E-state index in [0.717, 1.165) is 22.4 Å². The summed E-state index contributed by atoms with van der Waals surface area (Å²) in [7, 11) is 0. The van der Waals surface area contributed by atoms with E-state index in [1.165, 1.54) is 11.6 Å². The van der Waals surface area contributed by atoms with Crippen LogP contribution < -0.4 is 19.8 Å². The highest BCUT2D eigenvalue weighted by Crippen LogP contribution is 2.34. The second-order valence-electron chi connectivity index (χ2n) is 9.84. The summed E-state index contributed by atoms with van der Waals surface area (Å²) in [4.78, 5) is 29.9. The van der Waals surface area contributed by atoms with Gasteiger partial charge in [0.2, 0.25) is 0 Å². The lowest BCUT2D eigenvalue weighted by Crippen LogP contribution is -2.23. The largest absolute Gasteiger partial charge is 0.494 e. The van der Waals surface area contributed by atoms with E-state index in [4.69, 9.17) is 19.2 Å². The zero-order valence-electron chi connectivity index (χ0n) is 24.2. The Morgan fingerprint density at radius 3 is 2.39 bits per heavy atom. The predicted octanol–water partition coefficient (Wildman–Crippen LogP) is 6.03. The van der Waals surface area contributed by atoms with E-state index in [9.17, 15) is 14.7 Å². The van der Waals surface area contributed by atoms with Gasteiger partial charge in [0.05, 0.1) is 30.3 Å². The molecule has 1 aromatic heterocycles. The summed E-state index contributed by atoms with van der Waals surface area (Å²) in [6, 6.07) is 16.2. The molecule has 214 valence electrons. The maximum absolute atomic E-state index is 13.7. The van der Waals surface area contributed by atoms with Crippen LogP contribution >= 0.6 is 0 Å². The maximum atomic E-state index is 13.7. The lowest BCUT2D eigenvalue weighted by Gasteiger charge is -2.18. The molecule has 9 heteroatoms. The van der Waals surface area contributed by atoms with Crippen LogP contribution in [-0.2, 0) is 4.79 Å². The number of hydrogen-bond acceptors (Lipinski definition) is 7. The van der Waals surface area contributed by atoms with Crippen LogP contribution in [0.2, 0.25) is 0 Å². The molecule has 0 aliphatic carbocycles. The highest BCUT2D eigenvalue weighted by Gasteiger charge is 2.19. The topological polar surface area (TPSA) is 112 Å². The number of aliphatic carboxylic acids is 1. The Hall–Kier alpha value is -4.66. The zero-order chi connectivity index (χ0) is 29.7. The molecule has 0 radical (unpaired) electrons. The molecule has 3 aromatic carbocycles. The molecule has 1 atom stereocenters. The number of hydrogen-bond donors (Lipinski definition) is 1. The number of carboxylic acids is 1. The Balaban J connectivity index is 1.87. The minimum atomic E-state index is -1.08. The van der Waals surface area contributed by atoms with Crippen molar-refractivity contribution >= 4 is 23.1 Å². The molecule has 1 N–H and O–H groups in total. The van der Waals surface area contributed by atoms with E-state index in [0.29, 0.717) is 47.0 Å². The monoisotopic (exact) mass is 557 g/mol. The molecule has 4 aromatic rings. The molecule has 41 heavy (non-hydrogen) atoms. The van der Waals surface area contributed by atoms with Crippen molar-refractivity contribution in [2.24, 2.45) is 5.10 Å². The van der Waals surface area contributed by atoms with Gasteiger partial charge in [-0.15, -0.1) is 0 Å². The molecule has 9 nitrogen and oxygen atoms in total. The molecular weight excluding hydrogens is 522 g/mol. The van der Waals surface area contributed by atoms with Crippen molar-refractivity contribution in [1.82, 2.24) is 9.66 Å². The number of para-hydroxylation sites is 1. The average Bonchev–Trinajstić information content (AvgIpc) is 2.94. The van der Waals surface area contributed by atoms with Gasteiger partial charge in [-0.2, -0.15) is 9.78 Å². The van der Waals surface area contributed by atoms with Crippen molar-refractivity contribution in [3.8, 4) is 28.6 Å². The van der Waals surface area contributed by atoms with E-state index >= 15 is 0 Å². The Bertz CT molecular complexity index is 1660. The molecule has 0 fully saturated rings. The van der Waals surface area contributed by atoms with Crippen molar-refractivity contribution in [3.05, 3.63) is 81.6 Å². The van der Waals surface area contributed by atoms with Gasteiger partial charge in [-0.1, -0.05) is 26.0 Å². The van der Waals surface area contributed by atoms with Crippen LogP contribution in [0.1, 0.15) is 57.2 Å². The number of ether oxygens (including phenoxy) is 3. The van der Waals surface area contributed by atoms with E-state index in [2.05, 4.69) is 18.9 Å². The van der Waals surface area contributed by atoms with Gasteiger partial charge in [0.15, 0.2) is 23.4 Å². The highest BCUT2D eigenvalue weighted by atomic mass is 16.5. The van der Waals surface area contributed by atoms with Gasteiger partial charge in [-0.25, -0.2) is 9.78 Å². The van der Waals surface area contributed by atoms with Crippen LogP contribution in [0.3, 0.4) is 0 Å². The lowest BCUT2D eigenvalue weighted by atomic mass is 9.96. The van der Waals surface area contributed by atoms with Crippen molar-refractivity contribution < 1.29 is 24.1 Å². The first-order chi connectivity index (χ1) is 19.6. The van der Waals surface area contributed by atoms with E-state index < -0.39 is 12.1 Å². The van der Waals surface area contributed by atoms with Gasteiger partial charge in [-0.05, 0) is 92.8 Å². The minimum Gasteiger partial charge on any atom is -0.494 e. The Morgan fingerprint density at radius 1 is 1.00 bits per heavy atom. The van der Waals surface area contributed by atoms with Crippen LogP contribution in [0.4, 0.5) is 0 Å². The lowest BCUT2D eigenvalue weighted by molar-refractivity contribution is -0.144.